The number of amides is 1. The zero-order valence-corrected chi connectivity index (χ0v) is 11.3. The average molecular weight is 268 g/mol. The molecule has 0 saturated carbocycles. The van der Waals surface area contributed by atoms with Crippen LogP contribution in [0.2, 0.25) is 0 Å². The quantitative estimate of drug-likeness (QED) is 0.851. The fourth-order valence-electron chi connectivity index (χ4n) is 2.57. The third-order valence-corrected chi connectivity index (χ3v) is 3.59. The molecule has 1 aliphatic heterocycles. The molecule has 2 aromatic rings. The number of carbonyl (C=O) groups is 1. The lowest BCUT2D eigenvalue weighted by atomic mass is 9.98. The molecule has 20 heavy (non-hydrogen) atoms. The van der Waals surface area contributed by atoms with Crippen LogP contribution in [-0.4, -0.2) is 19.6 Å². The first-order chi connectivity index (χ1) is 9.70. The Kier molecular flexibility index (Phi) is 3.06. The number of carbonyl (C=O) groups excluding carboxylic acids is 1. The van der Waals surface area contributed by atoms with E-state index >= 15 is 0 Å². The molecule has 0 spiro atoms. The molecule has 0 aliphatic carbocycles. The van der Waals surface area contributed by atoms with Crippen molar-refractivity contribution >= 4 is 17.3 Å². The molecule has 0 atom stereocenters. The molecule has 1 aliphatic rings. The van der Waals surface area contributed by atoms with Gasteiger partial charge in [-0.2, -0.15) is 0 Å². The predicted molar refractivity (Wildman–Crippen MR) is 79.2 cm³/mol. The van der Waals surface area contributed by atoms with Crippen molar-refractivity contribution in [2.45, 2.75) is 6.42 Å². The van der Waals surface area contributed by atoms with Gasteiger partial charge in [0.25, 0.3) is 5.91 Å². The van der Waals surface area contributed by atoms with Crippen molar-refractivity contribution in [3.63, 3.8) is 0 Å². The highest BCUT2D eigenvalue weighted by Gasteiger charge is 2.26. The van der Waals surface area contributed by atoms with Crippen LogP contribution >= 0.6 is 0 Å². The number of benzene rings is 2. The molecule has 4 heteroatoms. The lowest BCUT2D eigenvalue weighted by molar-refractivity contribution is 0.0980. The van der Waals surface area contributed by atoms with Crippen molar-refractivity contribution < 1.29 is 9.53 Å². The van der Waals surface area contributed by atoms with Gasteiger partial charge >= 0.3 is 0 Å². The lowest BCUT2D eigenvalue weighted by Gasteiger charge is -2.29. The molecule has 3 rings (SSSR count). The van der Waals surface area contributed by atoms with Crippen LogP contribution in [-0.2, 0) is 6.42 Å². The second-order valence-corrected chi connectivity index (χ2v) is 4.80. The summed E-state index contributed by atoms with van der Waals surface area (Å²) in [7, 11) is 1.58. The normalized spacial score (nSPS) is 14.1. The Labute approximate surface area is 117 Å². The fraction of sp³-hybridized carbons (Fsp3) is 0.188. The number of fused-ring (bicyclic) bond motifs is 1. The fourth-order valence-corrected chi connectivity index (χ4v) is 2.57. The Morgan fingerprint density at radius 3 is 2.80 bits per heavy atom. The molecule has 102 valence electrons. The summed E-state index contributed by atoms with van der Waals surface area (Å²) in [6, 6.07) is 13.1. The van der Waals surface area contributed by atoms with E-state index in [9.17, 15) is 4.79 Å². The number of hydrogen-bond acceptors (Lipinski definition) is 3. The topological polar surface area (TPSA) is 55.6 Å². The highest BCUT2D eigenvalue weighted by atomic mass is 16.5. The zero-order chi connectivity index (χ0) is 14.1. The summed E-state index contributed by atoms with van der Waals surface area (Å²) < 4.78 is 5.34. The van der Waals surface area contributed by atoms with Crippen LogP contribution in [0.25, 0.3) is 0 Å². The van der Waals surface area contributed by atoms with E-state index in [1.54, 1.807) is 24.1 Å². The zero-order valence-electron chi connectivity index (χ0n) is 11.3. The van der Waals surface area contributed by atoms with E-state index in [0.717, 1.165) is 23.2 Å². The smallest absolute Gasteiger partial charge is 0.258 e. The van der Waals surface area contributed by atoms with Gasteiger partial charge in [-0.3, -0.25) is 4.79 Å². The maximum absolute atomic E-state index is 12.6. The number of ether oxygens (including phenoxy) is 1. The SMILES string of the molecule is COc1cc(N)ccc1N1CCc2ccccc2C1=O. The first kappa shape index (κ1) is 12.5. The van der Waals surface area contributed by atoms with Crippen molar-refractivity contribution in [3.8, 4) is 5.75 Å². The summed E-state index contributed by atoms with van der Waals surface area (Å²) in [6.07, 6.45) is 0.843. The van der Waals surface area contributed by atoms with Gasteiger partial charge in [-0.25, -0.2) is 0 Å². The molecule has 0 aromatic heterocycles. The van der Waals surface area contributed by atoms with Crippen molar-refractivity contribution in [3.05, 3.63) is 53.6 Å². The van der Waals surface area contributed by atoms with Crippen molar-refractivity contribution in [2.75, 3.05) is 24.3 Å². The molecule has 0 fully saturated rings. The van der Waals surface area contributed by atoms with Gasteiger partial charge in [0.1, 0.15) is 5.75 Å². The van der Waals surface area contributed by atoms with Gasteiger partial charge in [-0.05, 0) is 30.2 Å². The maximum atomic E-state index is 12.6. The van der Waals surface area contributed by atoms with Crippen LogP contribution in [0.3, 0.4) is 0 Å². The first-order valence-electron chi connectivity index (χ1n) is 6.54. The number of nitrogen functional groups attached to an aromatic ring is 1. The third-order valence-electron chi connectivity index (χ3n) is 3.59. The second-order valence-electron chi connectivity index (χ2n) is 4.80. The van der Waals surface area contributed by atoms with Gasteiger partial charge in [0, 0.05) is 23.9 Å². The monoisotopic (exact) mass is 268 g/mol. The third kappa shape index (κ3) is 1.99. The van der Waals surface area contributed by atoms with Gasteiger partial charge in [0.15, 0.2) is 0 Å². The summed E-state index contributed by atoms with van der Waals surface area (Å²) >= 11 is 0. The molecule has 0 radical (unpaired) electrons. The van der Waals surface area contributed by atoms with E-state index in [0.29, 0.717) is 18.0 Å². The number of hydrogen-bond donors (Lipinski definition) is 1. The van der Waals surface area contributed by atoms with Gasteiger partial charge in [0.05, 0.1) is 12.8 Å². The molecule has 4 nitrogen and oxygen atoms in total. The Balaban J connectivity index is 2.03. The Morgan fingerprint density at radius 1 is 1.20 bits per heavy atom. The standard InChI is InChI=1S/C16H16N2O2/c1-20-15-10-12(17)6-7-14(15)18-9-8-11-4-2-3-5-13(11)16(18)19/h2-7,10H,8-9,17H2,1H3. The molecular formula is C16H16N2O2. The second kappa shape index (κ2) is 4.89. The van der Waals surface area contributed by atoms with E-state index in [-0.39, 0.29) is 5.91 Å². The minimum absolute atomic E-state index is 0.00919. The van der Waals surface area contributed by atoms with Gasteiger partial charge in [-0.1, -0.05) is 18.2 Å². The highest BCUT2D eigenvalue weighted by molar-refractivity contribution is 6.09. The van der Waals surface area contributed by atoms with Gasteiger partial charge in [-0.15, -0.1) is 0 Å². The molecule has 1 amide bonds. The number of nitrogens with two attached hydrogens (primary N) is 1. The molecular weight excluding hydrogens is 252 g/mol. The van der Waals surface area contributed by atoms with Crippen molar-refractivity contribution in [1.29, 1.82) is 0 Å². The number of rotatable bonds is 2. The van der Waals surface area contributed by atoms with Gasteiger partial charge in [0.2, 0.25) is 0 Å². The average Bonchev–Trinajstić information content (AvgIpc) is 2.48. The molecule has 2 aromatic carbocycles. The van der Waals surface area contributed by atoms with E-state index in [2.05, 4.69) is 0 Å². The van der Waals surface area contributed by atoms with E-state index in [4.69, 9.17) is 10.5 Å². The maximum Gasteiger partial charge on any atom is 0.258 e. The summed E-state index contributed by atoms with van der Waals surface area (Å²) in [5, 5.41) is 0. The van der Waals surface area contributed by atoms with Crippen LogP contribution in [0.1, 0.15) is 15.9 Å². The molecule has 0 bridgehead atoms. The van der Waals surface area contributed by atoms with Crippen LogP contribution < -0.4 is 15.4 Å². The van der Waals surface area contributed by atoms with Crippen LogP contribution in [0, 0.1) is 0 Å². The molecule has 1 heterocycles. The van der Waals surface area contributed by atoms with Crippen molar-refractivity contribution in [1.82, 2.24) is 0 Å². The first-order valence-corrected chi connectivity index (χ1v) is 6.54. The molecule has 0 unspecified atom stereocenters. The Morgan fingerprint density at radius 2 is 2.00 bits per heavy atom. The summed E-state index contributed by atoms with van der Waals surface area (Å²) in [6.45, 7) is 0.649. The number of nitrogens with zero attached hydrogens (tertiary/aromatic N) is 1. The molecule has 2 N–H and O–H groups in total. The van der Waals surface area contributed by atoms with Crippen LogP contribution in [0.15, 0.2) is 42.5 Å². The molecule has 0 saturated heterocycles. The van der Waals surface area contributed by atoms with Crippen molar-refractivity contribution in [2.24, 2.45) is 0 Å². The minimum Gasteiger partial charge on any atom is -0.494 e. The summed E-state index contributed by atoms with van der Waals surface area (Å²) in [4.78, 5) is 14.4. The number of methoxy groups -OCH3 is 1. The highest BCUT2D eigenvalue weighted by Crippen LogP contribution is 2.33. The number of anilines is 2. The van der Waals surface area contributed by atoms with Gasteiger partial charge < -0.3 is 15.4 Å². The van der Waals surface area contributed by atoms with Crippen LogP contribution in [0.4, 0.5) is 11.4 Å². The lowest BCUT2D eigenvalue weighted by Crippen LogP contribution is -2.37. The van der Waals surface area contributed by atoms with E-state index < -0.39 is 0 Å². The predicted octanol–water partition coefficient (Wildman–Crippen LogP) is 2.48. The van der Waals surface area contributed by atoms with Crippen LogP contribution in [0.5, 0.6) is 5.75 Å². The van der Waals surface area contributed by atoms with E-state index in [1.807, 2.05) is 30.3 Å². The Bertz CT molecular complexity index is 667. The summed E-state index contributed by atoms with van der Waals surface area (Å²) in [5.41, 5.74) is 9.01. The Hall–Kier alpha value is -2.49. The minimum atomic E-state index is 0.00919. The van der Waals surface area contributed by atoms with E-state index in [1.165, 1.54) is 0 Å². The largest absolute Gasteiger partial charge is 0.494 e. The summed E-state index contributed by atoms with van der Waals surface area (Å²) in [5.74, 6) is 0.632.